The SMILES string of the molecule is CO[C@@H]1CC[C@@H](O/N=C(/C(N)=O)c2ccc(N(O)C3CC3)cc2)C1. The summed E-state index contributed by atoms with van der Waals surface area (Å²) in [5, 5.41) is 15.2. The number of oxime groups is 1. The maximum atomic E-state index is 11.7. The number of anilines is 1. The van der Waals surface area contributed by atoms with Crippen molar-refractivity contribution in [2.45, 2.75) is 50.4 Å². The maximum absolute atomic E-state index is 11.7. The Hall–Kier alpha value is -2.12. The highest BCUT2D eigenvalue weighted by Crippen LogP contribution is 2.30. The minimum atomic E-state index is -0.646. The lowest BCUT2D eigenvalue weighted by Gasteiger charge is -2.16. The number of benzene rings is 1. The normalized spacial score (nSPS) is 24.0. The van der Waals surface area contributed by atoms with Crippen molar-refractivity contribution in [3.05, 3.63) is 29.8 Å². The van der Waals surface area contributed by atoms with Gasteiger partial charge in [0.2, 0.25) is 0 Å². The highest BCUT2D eigenvalue weighted by Gasteiger charge is 2.29. The van der Waals surface area contributed by atoms with E-state index in [2.05, 4.69) is 5.16 Å². The summed E-state index contributed by atoms with van der Waals surface area (Å²) in [5.41, 5.74) is 6.76. The first-order valence-electron chi connectivity index (χ1n) is 8.23. The Morgan fingerprint density at radius 1 is 1.21 bits per heavy atom. The summed E-state index contributed by atoms with van der Waals surface area (Å²) in [6.07, 6.45) is 4.61. The number of ether oxygens (including phenoxy) is 1. The van der Waals surface area contributed by atoms with E-state index in [0.29, 0.717) is 11.3 Å². The van der Waals surface area contributed by atoms with Crippen LogP contribution < -0.4 is 10.8 Å². The van der Waals surface area contributed by atoms with Gasteiger partial charge in [-0.25, -0.2) is 0 Å². The molecule has 0 heterocycles. The Morgan fingerprint density at radius 3 is 2.42 bits per heavy atom. The van der Waals surface area contributed by atoms with Crippen LogP contribution >= 0.6 is 0 Å². The van der Waals surface area contributed by atoms with Gasteiger partial charge in [0.1, 0.15) is 6.10 Å². The van der Waals surface area contributed by atoms with E-state index in [1.165, 1.54) is 5.06 Å². The molecule has 1 amide bonds. The molecular formula is C17H23N3O4. The van der Waals surface area contributed by atoms with Crippen molar-refractivity contribution >= 4 is 17.3 Å². The third-order valence-electron chi connectivity index (χ3n) is 4.49. The molecule has 0 saturated heterocycles. The van der Waals surface area contributed by atoms with Gasteiger partial charge in [-0.05, 0) is 37.8 Å². The fraction of sp³-hybridized carbons (Fsp3) is 0.529. The average molecular weight is 333 g/mol. The quantitative estimate of drug-likeness (QED) is 0.586. The monoisotopic (exact) mass is 333 g/mol. The summed E-state index contributed by atoms with van der Waals surface area (Å²) in [6, 6.07) is 7.09. The van der Waals surface area contributed by atoms with E-state index < -0.39 is 5.91 Å². The smallest absolute Gasteiger partial charge is 0.271 e. The van der Waals surface area contributed by atoms with Crippen LogP contribution in [0, 0.1) is 0 Å². The van der Waals surface area contributed by atoms with Crippen molar-refractivity contribution in [1.29, 1.82) is 0 Å². The zero-order chi connectivity index (χ0) is 17.1. The fourth-order valence-corrected chi connectivity index (χ4v) is 2.88. The first-order valence-corrected chi connectivity index (χ1v) is 8.23. The van der Waals surface area contributed by atoms with Crippen LogP contribution in [0.2, 0.25) is 0 Å². The first kappa shape index (κ1) is 16.7. The molecule has 24 heavy (non-hydrogen) atoms. The van der Waals surface area contributed by atoms with Gasteiger partial charge < -0.3 is 15.3 Å². The van der Waals surface area contributed by atoms with Crippen molar-refractivity contribution in [2.24, 2.45) is 10.9 Å². The molecule has 130 valence electrons. The predicted molar refractivity (Wildman–Crippen MR) is 89.0 cm³/mol. The molecule has 0 bridgehead atoms. The Kier molecular flexibility index (Phi) is 5.01. The van der Waals surface area contributed by atoms with Gasteiger partial charge in [0.25, 0.3) is 5.91 Å². The van der Waals surface area contributed by atoms with E-state index in [0.717, 1.165) is 32.1 Å². The average Bonchev–Trinajstić information content (AvgIpc) is 3.34. The van der Waals surface area contributed by atoms with Crippen molar-refractivity contribution < 1.29 is 19.6 Å². The second kappa shape index (κ2) is 7.19. The number of methoxy groups -OCH3 is 1. The molecule has 1 aromatic rings. The zero-order valence-corrected chi connectivity index (χ0v) is 13.7. The molecule has 2 aliphatic rings. The van der Waals surface area contributed by atoms with E-state index in [-0.39, 0.29) is 24.0 Å². The molecule has 7 nitrogen and oxygen atoms in total. The topological polar surface area (TPSA) is 97.4 Å². The Bertz CT molecular complexity index is 613. The van der Waals surface area contributed by atoms with Crippen molar-refractivity contribution in [3.8, 4) is 0 Å². The molecule has 2 atom stereocenters. The number of hydrogen-bond acceptors (Lipinski definition) is 6. The van der Waals surface area contributed by atoms with Gasteiger partial charge in [0, 0.05) is 19.1 Å². The van der Waals surface area contributed by atoms with Crippen LogP contribution in [0.1, 0.15) is 37.7 Å². The predicted octanol–water partition coefficient (Wildman–Crippen LogP) is 1.82. The highest BCUT2D eigenvalue weighted by atomic mass is 16.6. The van der Waals surface area contributed by atoms with E-state index in [1.807, 2.05) is 0 Å². The number of amides is 1. The second-order valence-corrected chi connectivity index (χ2v) is 6.32. The molecule has 0 aliphatic heterocycles. The van der Waals surface area contributed by atoms with E-state index >= 15 is 0 Å². The molecule has 7 heteroatoms. The highest BCUT2D eigenvalue weighted by molar-refractivity contribution is 6.44. The molecule has 3 rings (SSSR count). The maximum Gasteiger partial charge on any atom is 0.271 e. The van der Waals surface area contributed by atoms with Crippen LogP contribution in [0.3, 0.4) is 0 Å². The lowest BCUT2D eigenvalue weighted by atomic mass is 10.1. The van der Waals surface area contributed by atoms with Crippen LogP contribution in [0.5, 0.6) is 0 Å². The van der Waals surface area contributed by atoms with Gasteiger partial charge in [-0.1, -0.05) is 17.3 Å². The standard InChI is InChI=1S/C17H23N3O4/c1-23-14-8-9-15(10-14)24-19-16(17(18)21)11-2-4-12(5-3-11)20(22)13-6-7-13/h2-5,13-15,22H,6-10H2,1H3,(H2,18,21)/b19-16+/t14-,15-/m1/s1. The number of carbonyl (C=O) groups is 1. The van der Waals surface area contributed by atoms with Crippen LogP contribution in [-0.4, -0.2) is 42.2 Å². The molecule has 0 aromatic heterocycles. The van der Waals surface area contributed by atoms with Crippen LogP contribution in [-0.2, 0) is 14.4 Å². The molecule has 0 unspecified atom stereocenters. The molecule has 2 aliphatic carbocycles. The Labute approximate surface area is 141 Å². The molecule has 2 fully saturated rings. The van der Waals surface area contributed by atoms with Gasteiger partial charge in [-0.3, -0.25) is 15.1 Å². The van der Waals surface area contributed by atoms with Crippen molar-refractivity contribution in [2.75, 3.05) is 12.2 Å². The van der Waals surface area contributed by atoms with Gasteiger partial charge in [0.15, 0.2) is 5.71 Å². The number of nitrogens with two attached hydrogens (primary N) is 1. The van der Waals surface area contributed by atoms with Crippen molar-refractivity contribution in [3.63, 3.8) is 0 Å². The number of primary amides is 1. The first-order chi connectivity index (χ1) is 11.6. The number of hydroxylamine groups is 1. The summed E-state index contributed by atoms with van der Waals surface area (Å²) >= 11 is 0. The summed E-state index contributed by atoms with van der Waals surface area (Å²) in [7, 11) is 1.68. The fourth-order valence-electron chi connectivity index (χ4n) is 2.88. The van der Waals surface area contributed by atoms with E-state index in [4.69, 9.17) is 15.3 Å². The van der Waals surface area contributed by atoms with Gasteiger partial charge in [-0.2, -0.15) is 0 Å². The Balaban J connectivity index is 1.68. The molecule has 0 spiro atoms. The number of nitrogens with zero attached hydrogens (tertiary/aromatic N) is 2. The summed E-state index contributed by atoms with van der Waals surface area (Å²) in [5.74, 6) is -0.646. The number of rotatable bonds is 7. The molecular weight excluding hydrogens is 310 g/mol. The van der Waals surface area contributed by atoms with Gasteiger partial charge in [-0.15, -0.1) is 0 Å². The van der Waals surface area contributed by atoms with Gasteiger partial charge >= 0.3 is 0 Å². The summed E-state index contributed by atoms with van der Waals surface area (Å²) in [4.78, 5) is 17.2. The minimum absolute atomic E-state index is 0.0635. The van der Waals surface area contributed by atoms with Crippen molar-refractivity contribution in [1.82, 2.24) is 0 Å². The van der Waals surface area contributed by atoms with Crippen LogP contribution in [0.4, 0.5) is 5.69 Å². The largest absolute Gasteiger partial charge is 0.392 e. The lowest BCUT2D eigenvalue weighted by Crippen LogP contribution is -2.25. The number of hydrogen-bond donors (Lipinski definition) is 2. The van der Waals surface area contributed by atoms with Crippen LogP contribution in [0.25, 0.3) is 0 Å². The molecule has 0 radical (unpaired) electrons. The van der Waals surface area contributed by atoms with E-state index in [1.54, 1.807) is 31.4 Å². The second-order valence-electron chi connectivity index (χ2n) is 6.32. The summed E-state index contributed by atoms with van der Waals surface area (Å²) < 4.78 is 5.29. The molecule has 2 saturated carbocycles. The van der Waals surface area contributed by atoms with Crippen LogP contribution in [0.15, 0.2) is 29.4 Å². The third-order valence-corrected chi connectivity index (χ3v) is 4.49. The lowest BCUT2D eigenvalue weighted by molar-refractivity contribution is -0.112. The molecule has 1 aromatic carbocycles. The third kappa shape index (κ3) is 3.85. The minimum Gasteiger partial charge on any atom is -0.392 e. The number of carbonyl (C=O) groups excluding carboxylic acids is 1. The summed E-state index contributed by atoms with van der Waals surface area (Å²) in [6.45, 7) is 0. The van der Waals surface area contributed by atoms with Gasteiger partial charge in [0.05, 0.1) is 17.8 Å². The zero-order valence-electron chi connectivity index (χ0n) is 13.7. The van der Waals surface area contributed by atoms with E-state index in [9.17, 15) is 10.0 Å². The molecule has 3 N–H and O–H groups in total. The Morgan fingerprint density at radius 2 is 1.88 bits per heavy atom.